The minimum absolute atomic E-state index is 0.136. The van der Waals surface area contributed by atoms with Crippen molar-refractivity contribution in [2.75, 3.05) is 7.11 Å². The van der Waals surface area contributed by atoms with E-state index in [4.69, 9.17) is 4.74 Å². The van der Waals surface area contributed by atoms with Crippen LogP contribution in [-0.4, -0.2) is 23.8 Å². The van der Waals surface area contributed by atoms with Crippen LogP contribution in [-0.2, 0) is 17.9 Å². The van der Waals surface area contributed by atoms with Gasteiger partial charge in [-0.25, -0.2) is 0 Å². The van der Waals surface area contributed by atoms with E-state index in [0.29, 0.717) is 18.7 Å². The van der Waals surface area contributed by atoms with Gasteiger partial charge in [-0.3, -0.25) is 9.59 Å². The van der Waals surface area contributed by atoms with Gasteiger partial charge in [0.1, 0.15) is 11.8 Å². The molecule has 3 aromatic rings. The molecule has 0 bridgehead atoms. The Labute approximate surface area is 169 Å². The minimum Gasteiger partial charge on any atom is -0.497 e. The van der Waals surface area contributed by atoms with Crippen molar-refractivity contribution in [3.8, 4) is 5.75 Å². The molecule has 1 atom stereocenters. The summed E-state index contributed by atoms with van der Waals surface area (Å²) >= 11 is 0. The smallest absolute Gasteiger partial charge is 0.255 e. The molecule has 1 aliphatic rings. The van der Waals surface area contributed by atoms with Crippen LogP contribution in [0.2, 0.25) is 0 Å². The summed E-state index contributed by atoms with van der Waals surface area (Å²) in [6.45, 7) is 0.744. The molecule has 1 unspecified atom stereocenters. The molecule has 0 radical (unpaired) electrons. The first kappa shape index (κ1) is 18.7. The van der Waals surface area contributed by atoms with Crippen molar-refractivity contribution in [2.45, 2.75) is 19.1 Å². The lowest BCUT2D eigenvalue weighted by Gasteiger charge is -2.25. The molecule has 1 N–H and O–H groups in total. The van der Waals surface area contributed by atoms with Crippen LogP contribution < -0.4 is 10.1 Å². The van der Waals surface area contributed by atoms with E-state index in [0.717, 1.165) is 22.4 Å². The summed E-state index contributed by atoms with van der Waals surface area (Å²) in [5.41, 5.74) is 3.24. The number of fused-ring (bicyclic) bond motifs is 1. The molecule has 29 heavy (non-hydrogen) atoms. The molecule has 0 saturated heterocycles. The Morgan fingerprint density at radius 3 is 2.48 bits per heavy atom. The van der Waals surface area contributed by atoms with Crippen molar-refractivity contribution >= 4 is 11.8 Å². The highest BCUT2D eigenvalue weighted by atomic mass is 16.5. The van der Waals surface area contributed by atoms with Crippen LogP contribution in [0.5, 0.6) is 5.75 Å². The maximum absolute atomic E-state index is 13.1. The molecule has 5 nitrogen and oxygen atoms in total. The van der Waals surface area contributed by atoms with Crippen molar-refractivity contribution in [1.82, 2.24) is 10.2 Å². The largest absolute Gasteiger partial charge is 0.497 e. The topological polar surface area (TPSA) is 58.6 Å². The highest BCUT2D eigenvalue weighted by Crippen LogP contribution is 2.35. The molecule has 146 valence electrons. The summed E-state index contributed by atoms with van der Waals surface area (Å²) in [4.78, 5) is 27.8. The lowest BCUT2D eigenvalue weighted by atomic mass is 10.0. The van der Waals surface area contributed by atoms with Crippen LogP contribution in [0.3, 0.4) is 0 Å². The van der Waals surface area contributed by atoms with Gasteiger partial charge in [0, 0.05) is 18.7 Å². The number of rotatable bonds is 6. The number of hydrogen-bond donors (Lipinski definition) is 1. The Morgan fingerprint density at radius 2 is 1.69 bits per heavy atom. The van der Waals surface area contributed by atoms with Gasteiger partial charge in [0.25, 0.3) is 5.91 Å². The molecule has 0 saturated carbocycles. The quantitative estimate of drug-likeness (QED) is 0.703. The van der Waals surface area contributed by atoms with E-state index in [1.54, 1.807) is 18.1 Å². The molecule has 0 spiro atoms. The van der Waals surface area contributed by atoms with Gasteiger partial charge >= 0.3 is 0 Å². The van der Waals surface area contributed by atoms with E-state index >= 15 is 0 Å². The zero-order valence-electron chi connectivity index (χ0n) is 16.2. The normalized spacial score (nSPS) is 15.1. The van der Waals surface area contributed by atoms with Crippen LogP contribution in [0.25, 0.3) is 0 Å². The van der Waals surface area contributed by atoms with Gasteiger partial charge in [-0.1, -0.05) is 60.7 Å². The summed E-state index contributed by atoms with van der Waals surface area (Å²) in [7, 11) is 1.61. The van der Waals surface area contributed by atoms with E-state index in [1.807, 2.05) is 72.8 Å². The lowest BCUT2D eigenvalue weighted by Crippen LogP contribution is -2.38. The van der Waals surface area contributed by atoms with Gasteiger partial charge in [-0.05, 0) is 34.9 Å². The van der Waals surface area contributed by atoms with Crippen LogP contribution in [0.4, 0.5) is 0 Å². The Hall–Kier alpha value is -3.60. The van der Waals surface area contributed by atoms with Gasteiger partial charge in [-0.15, -0.1) is 0 Å². The number of carbonyl (C=O) groups is 2. The molecule has 5 heteroatoms. The summed E-state index contributed by atoms with van der Waals surface area (Å²) < 4.78 is 5.29. The van der Waals surface area contributed by atoms with E-state index < -0.39 is 6.04 Å². The average Bonchev–Trinajstić information content (AvgIpc) is 3.05. The number of methoxy groups -OCH3 is 1. The Kier molecular flexibility index (Phi) is 5.29. The molecule has 3 aromatic carbocycles. The second-order valence-electron chi connectivity index (χ2n) is 6.98. The maximum atomic E-state index is 13.1. The summed E-state index contributed by atoms with van der Waals surface area (Å²) in [6, 6.07) is 23.9. The Morgan fingerprint density at radius 1 is 0.966 bits per heavy atom. The molecule has 0 aromatic heterocycles. The molecular formula is C24H22N2O3. The van der Waals surface area contributed by atoms with Gasteiger partial charge < -0.3 is 15.0 Å². The first-order valence-electron chi connectivity index (χ1n) is 9.52. The van der Waals surface area contributed by atoms with Gasteiger partial charge in [0.15, 0.2) is 0 Å². The van der Waals surface area contributed by atoms with Gasteiger partial charge in [0.05, 0.1) is 7.11 Å². The number of ether oxygens (including phenoxy) is 1. The third kappa shape index (κ3) is 3.85. The standard InChI is InChI=1S/C24H22N2O3/c1-29-19-11-7-10-18(14-19)16-26-22(20-12-5-6-13-21(20)24(26)28)23(27)25-15-17-8-3-2-4-9-17/h2-14,22H,15-16H2,1H3,(H,25,27). The number of carbonyl (C=O) groups excluding carboxylic acids is 2. The Bertz CT molecular complexity index is 1030. The molecule has 1 heterocycles. The molecule has 2 amide bonds. The molecule has 1 aliphatic heterocycles. The number of amides is 2. The van der Waals surface area contributed by atoms with Crippen LogP contribution in [0.15, 0.2) is 78.9 Å². The van der Waals surface area contributed by atoms with Gasteiger partial charge in [0.2, 0.25) is 5.91 Å². The van der Waals surface area contributed by atoms with E-state index in [9.17, 15) is 9.59 Å². The number of nitrogens with one attached hydrogen (secondary N) is 1. The summed E-state index contributed by atoms with van der Waals surface area (Å²) in [5.74, 6) is 0.398. The fourth-order valence-electron chi connectivity index (χ4n) is 3.67. The fourth-order valence-corrected chi connectivity index (χ4v) is 3.67. The zero-order valence-corrected chi connectivity index (χ0v) is 16.2. The minimum atomic E-state index is -0.659. The Balaban J connectivity index is 1.60. The lowest BCUT2D eigenvalue weighted by molar-refractivity contribution is -0.125. The first-order valence-corrected chi connectivity index (χ1v) is 9.52. The second-order valence-corrected chi connectivity index (χ2v) is 6.98. The molecular weight excluding hydrogens is 364 g/mol. The SMILES string of the molecule is COc1cccc(CN2C(=O)c3ccccc3C2C(=O)NCc2ccccc2)c1. The van der Waals surface area contributed by atoms with Crippen LogP contribution in [0, 0.1) is 0 Å². The fraction of sp³-hybridized carbons (Fsp3) is 0.167. The molecule has 0 aliphatic carbocycles. The van der Waals surface area contributed by atoms with Crippen molar-refractivity contribution < 1.29 is 14.3 Å². The first-order chi connectivity index (χ1) is 14.2. The molecule has 4 rings (SSSR count). The number of hydrogen-bond acceptors (Lipinski definition) is 3. The van der Waals surface area contributed by atoms with E-state index in [1.165, 1.54) is 0 Å². The molecule has 0 fully saturated rings. The van der Waals surface area contributed by atoms with Crippen LogP contribution in [0.1, 0.15) is 33.1 Å². The number of benzene rings is 3. The van der Waals surface area contributed by atoms with Crippen molar-refractivity contribution in [3.05, 3.63) is 101 Å². The van der Waals surface area contributed by atoms with Crippen molar-refractivity contribution in [1.29, 1.82) is 0 Å². The monoisotopic (exact) mass is 386 g/mol. The highest BCUT2D eigenvalue weighted by Gasteiger charge is 2.40. The second kappa shape index (κ2) is 8.19. The van der Waals surface area contributed by atoms with Crippen molar-refractivity contribution in [3.63, 3.8) is 0 Å². The third-order valence-electron chi connectivity index (χ3n) is 5.10. The summed E-state index contributed by atoms with van der Waals surface area (Å²) in [5, 5.41) is 2.98. The predicted octanol–water partition coefficient (Wildman–Crippen LogP) is 3.71. The highest BCUT2D eigenvalue weighted by molar-refractivity contribution is 6.04. The van der Waals surface area contributed by atoms with E-state index in [-0.39, 0.29) is 11.8 Å². The third-order valence-corrected chi connectivity index (χ3v) is 5.10. The van der Waals surface area contributed by atoms with E-state index in [2.05, 4.69) is 5.32 Å². The number of nitrogens with zero attached hydrogens (tertiary/aromatic N) is 1. The maximum Gasteiger partial charge on any atom is 0.255 e. The predicted molar refractivity (Wildman–Crippen MR) is 110 cm³/mol. The summed E-state index contributed by atoms with van der Waals surface area (Å²) in [6.07, 6.45) is 0. The average molecular weight is 386 g/mol. The van der Waals surface area contributed by atoms with Gasteiger partial charge in [-0.2, -0.15) is 0 Å². The van der Waals surface area contributed by atoms with Crippen molar-refractivity contribution in [2.24, 2.45) is 0 Å². The van der Waals surface area contributed by atoms with Crippen LogP contribution >= 0.6 is 0 Å². The zero-order chi connectivity index (χ0) is 20.2.